The molecule has 0 spiro atoms. The Morgan fingerprint density at radius 1 is 1.15 bits per heavy atom. The summed E-state index contributed by atoms with van der Waals surface area (Å²) in [5.74, 6) is 0. The van der Waals surface area contributed by atoms with Gasteiger partial charge in [-0.1, -0.05) is 56.1 Å². The van der Waals surface area contributed by atoms with Crippen LogP contribution >= 0.6 is 31.9 Å². The summed E-state index contributed by atoms with van der Waals surface area (Å²) in [6.45, 7) is 0. The number of fused-ring (bicyclic) bond motifs is 1. The minimum atomic E-state index is 0.974. The molecule has 0 nitrogen and oxygen atoms in total. The zero-order chi connectivity index (χ0) is 9.26. The average molecular weight is 302 g/mol. The van der Waals surface area contributed by atoms with Gasteiger partial charge < -0.3 is 0 Å². The molecule has 0 saturated heterocycles. The van der Waals surface area contributed by atoms with Crippen molar-refractivity contribution in [2.24, 2.45) is 0 Å². The third-order valence-electron chi connectivity index (χ3n) is 2.42. The molecule has 1 aromatic rings. The van der Waals surface area contributed by atoms with E-state index >= 15 is 0 Å². The molecule has 0 heterocycles. The number of hydrogen-bond donors (Lipinski definition) is 0. The minimum absolute atomic E-state index is 0.974. The van der Waals surface area contributed by atoms with Crippen LogP contribution in [-0.4, -0.2) is 5.33 Å². The van der Waals surface area contributed by atoms with E-state index in [0.717, 1.165) is 5.33 Å². The van der Waals surface area contributed by atoms with E-state index in [0.29, 0.717) is 0 Å². The molecule has 0 saturated carbocycles. The predicted molar refractivity (Wildman–Crippen MR) is 64.4 cm³/mol. The number of allylic oxidation sites excluding steroid dienone is 1. The van der Waals surface area contributed by atoms with Crippen molar-refractivity contribution >= 4 is 36.3 Å². The molecular weight excluding hydrogens is 292 g/mol. The van der Waals surface area contributed by atoms with E-state index in [9.17, 15) is 0 Å². The third kappa shape index (κ3) is 1.75. The number of halogens is 2. The fraction of sp³-hybridized carbons (Fsp3) is 0.273. The average Bonchev–Trinajstić information content (AvgIpc) is 2.19. The normalized spacial score (nSPS) is 15.8. The van der Waals surface area contributed by atoms with Crippen molar-refractivity contribution in [2.75, 3.05) is 5.33 Å². The number of hydrogen-bond acceptors (Lipinski definition) is 0. The lowest BCUT2D eigenvalue weighted by Gasteiger charge is -2.18. The summed E-state index contributed by atoms with van der Waals surface area (Å²) in [5.41, 5.74) is 4.29. The first-order valence-electron chi connectivity index (χ1n) is 4.34. The van der Waals surface area contributed by atoms with E-state index in [1.165, 1.54) is 34.0 Å². The van der Waals surface area contributed by atoms with Gasteiger partial charge in [0.2, 0.25) is 0 Å². The van der Waals surface area contributed by atoms with Crippen LogP contribution in [0.15, 0.2) is 29.8 Å². The van der Waals surface area contributed by atoms with Gasteiger partial charge in [-0.05, 0) is 29.5 Å². The molecule has 2 heteroatoms. The van der Waals surface area contributed by atoms with Gasteiger partial charge in [-0.3, -0.25) is 0 Å². The van der Waals surface area contributed by atoms with Crippen LogP contribution in [0.5, 0.6) is 0 Å². The second-order valence-corrected chi connectivity index (χ2v) is 4.56. The molecule has 2 rings (SSSR count). The molecule has 1 aliphatic carbocycles. The maximum atomic E-state index is 3.66. The summed E-state index contributed by atoms with van der Waals surface area (Å²) in [4.78, 5) is 0. The number of aryl methyl sites for hydroxylation is 1. The Kier molecular flexibility index (Phi) is 2.89. The fourth-order valence-corrected chi connectivity index (χ4v) is 3.33. The van der Waals surface area contributed by atoms with Gasteiger partial charge in [0, 0.05) is 9.81 Å². The quantitative estimate of drug-likeness (QED) is 0.684. The van der Waals surface area contributed by atoms with E-state index in [1.54, 1.807) is 0 Å². The fourth-order valence-electron chi connectivity index (χ4n) is 1.66. The van der Waals surface area contributed by atoms with Crippen LogP contribution in [0.1, 0.15) is 17.5 Å². The van der Waals surface area contributed by atoms with Gasteiger partial charge >= 0.3 is 0 Å². The zero-order valence-corrected chi connectivity index (χ0v) is 10.4. The van der Waals surface area contributed by atoms with Crippen molar-refractivity contribution < 1.29 is 0 Å². The van der Waals surface area contributed by atoms with Crippen LogP contribution in [0.4, 0.5) is 0 Å². The summed E-state index contributed by atoms with van der Waals surface area (Å²) in [6, 6.07) is 8.60. The van der Waals surface area contributed by atoms with Gasteiger partial charge in [-0.2, -0.15) is 0 Å². The molecule has 1 aliphatic rings. The topological polar surface area (TPSA) is 0 Å². The Morgan fingerprint density at radius 2 is 1.92 bits per heavy atom. The van der Waals surface area contributed by atoms with Crippen molar-refractivity contribution in [3.05, 3.63) is 41.0 Å². The Bertz CT molecular complexity index is 353. The van der Waals surface area contributed by atoms with Crippen LogP contribution in [0.3, 0.4) is 0 Å². The van der Waals surface area contributed by atoms with E-state index in [1.807, 2.05) is 0 Å². The molecule has 0 aromatic heterocycles. The number of alkyl halides is 1. The van der Waals surface area contributed by atoms with Crippen LogP contribution in [-0.2, 0) is 6.42 Å². The van der Waals surface area contributed by atoms with E-state index in [2.05, 4.69) is 56.1 Å². The van der Waals surface area contributed by atoms with Crippen molar-refractivity contribution in [1.82, 2.24) is 0 Å². The molecular formula is C11H10Br2. The van der Waals surface area contributed by atoms with Crippen LogP contribution in [0.2, 0.25) is 0 Å². The first-order valence-corrected chi connectivity index (χ1v) is 6.26. The summed E-state index contributed by atoms with van der Waals surface area (Å²) >= 11 is 7.18. The summed E-state index contributed by atoms with van der Waals surface area (Å²) in [7, 11) is 0. The number of benzene rings is 1. The molecule has 0 amide bonds. The molecule has 1 aromatic carbocycles. The Balaban J connectivity index is 2.52. The molecule has 0 fully saturated rings. The van der Waals surface area contributed by atoms with Crippen molar-refractivity contribution in [3.8, 4) is 0 Å². The lowest BCUT2D eigenvalue weighted by molar-refractivity contribution is 0.931. The number of rotatable bonds is 1. The zero-order valence-electron chi connectivity index (χ0n) is 7.19. The molecule has 68 valence electrons. The van der Waals surface area contributed by atoms with Crippen molar-refractivity contribution in [1.29, 1.82) is 0 Å². The molecule has 0 aliphatic heterocycles. The maximum Gasteiger partial charge on any atom is 0.0256 e. The van der Waals surface area contributed by atoms with Gasteiger partial charge in [0.25, 0.3) is 0 Å². The monoisotopic (exact) mass is 300 g/mol. The highest BCUT2D eigenvalue weighted by molar-refractivity contribution is 9.15. The first kappa shape index (κ1) is 9.47. The Morgan fingerprint density at radius 3 is 2.69 bits per heavy atom. The molecule has 0 radical (unpaired) electrons. The highest BCUT2D eigenvalue weighted by Gasteiger charge is 2.15. The van der Waals surface area contributed by atoms with Gasteiger partial charge in [-0.25, -0.2) is 0 Å². The smallest absolute Gasteiger partial charge is 0.0256 e. The van der Waals surface area contributed by atoms with E-state index in [-0.39, 0.29) is 0 Å². The maximum absolute atomic E-state index is 3.66. The predicted octanol–water partition coefficient (Wildman–Crippen LogP) is 4.13. The Labute approximate surface area is 95.3 Å². The standard InChI is InChI=1S/C11H10Br2/c12-7-9-6-5-8-3-1-2-4-10(8)11(9)13/h1-4H,5-7H2. The van der Waals surface area contributed by atoms with Gasteiger partial charge in [-0.15, -0.1) is 0 Å². The highest BCUT2D eigenvalue weighted by atomic mass is 79.9. The Hall–Kier alpha value is -0.0800. The van der Waals surface area contributed by atoms with Crippen molar-refractivity contribution in [3.63, 3.8) is 0 Å². The highest BCUT2D eigenvalue weighted by Crippen LogP contribution is 2.35. The van der Waals surface area contributed by atoms with Gasteiger partial charge in [0.1, 0.15) is 0 Å². The third-order valence-corrected chi connectivity index (χ3v) is 4.09. The van der Waals surface area contributed by atoms with Crippen LogP contribution < -0.4 is 0 Å². The van der Waals surface area contributed by atoms with Crippen LogP contribution in [0, 0.1) is 0 Å². The summed E-state index contributed by atoms with van der Waals surface area (Å²) < 4.78 is 1.28. The summed E-state index contributed by atoms with van der Waals surface area (Å²) in [5, 5.41) is 0.974. The first-order chi connectivity index (χ1) is 6.33. The van der Waals surface area contributed by atoms with Crippen LogP contribution in [0.25, 0.3) is 4.48 Å². The second kappa shape index (κ2) is 3.97. The SMILES string of the molecule is BrCC1=C(Br)c2ccccc2CC1. The van der Waals surface area contributed by atoms with E-state index < -0.39 is 0 Å². The molecule has 0 atom stereocenters. The lowest BCUT2D eigenvalue weighted by Crippen LogP contribution is -2.02. The second-order valence-electron chi connectivity index (χ2n) is 3.21. The van der Waals surface area contributed by atoms with Crippen molar-refractivity contribution in [2.45, 2.75) is 12.8 Å². The molecule has 0 bridgehead atoms. The van der Waals surface area contributed by atoms with E-state index in [4.69, 9.17) is 0 Å². The largest absolute Gasteiger partial charge is 0.0879 e. The van der Waals surface area contributed by atoms with Gasteiger partial charge in [0.15, 0.2) is 0 Å². The van der Waals surface area contributed by atoms with Gasteiger partial charge in [0.05, 0.1) is 0 Å². The minimum Gasteiger partial charge on any atom is -0.0879 e. The molecule has 0 unspecified atom stereocenters. The summed E-state index contributed by atoms with van der Waals surface area (Å²) in [6.07, 6.45) is 2.34. The molecule has 13 heavy (non-hydrogen) atoms. The molecule has 0 N–H and O–H groups in total. The lowest BCUT2D eigenvalue weighted by atomic mass is 9.93.